The van der Waals surface area contributed by atoms with E-state index >= 15 is 0 Å². The van der Waals surface area contributed by atoms with E-state index in [4.69, 9.17) is 11.6 Å². The molecule has 1 N–H and O–H groups in total. The van der Waals surface area contributed by atoms with E-state index in [-0.39, 0.29) is 27.9 Å². The molecule has 3 heterocycles. The summed E-state index contributed by atoms with van der Waals surface area (Å²) in [4.78, 5) is 45.2. The fourth-order valence-electron chi connectivity index (χ4n) is 3.98. The maximum absolute atomic E-state index is 13.3. The van der Waals surface area contributed by atoms with Crippen molar-refractivity contribution in [2.45, 2.75) is 17.6 Å². The standard InChI is InChI=1S/C27H27ClN4O5S2/c1-17-4-6-20-21(12-17)22(26(34)29-10-11-31(2)3)15-32(27(20)35)24-8-5-18(14-30-24)13-19(33)16-39(36,37)25-9-7-23(28)38-25/h4-9,12,14-15H,10-11,13,16H2,1-3H3,(H,29,34). The van der Waals surface area contributed by atoms with Gasteiger partial charge in [0.25, 0.3) is 11.5 Å². The highest BCUT2D eigenvalue weighted by atomic mass is 35.5. The van der Waals surface area contributed by atoms with Gasteiger partial charge in [-0.25, -0.2) is 13.4 Å². The van der Waals surface area contributed by atoms with Crippen molar-refractivity contribution in [3.63, 3.8) is 0 Å². The van der Waals surface area contributed by atoms with Gasteiger partial charge in [-0.3, -0.25) is 19.0 Å². The molecule has 1 aromatic carbocycles. The van der Waals surface area contributed by atoms with Crippen molar-refractivity contribution < 1.29 is 18.0 Å². The first kappa shape index (κ1) is 28.6. The zero-order chi connectivity index (χ0) is 28.3. The Kier molecular flexibility index (Phi) is 8.65. The van der Waals surface area contributed by atoms with Crippen LogP contribution < -0.4 is 10.9 Å². The molecular formula is C27H27ClN4O5S2. The molecule has 0 atom stereocenters. The number of benzene rings is 1. The number of amides is 1. The number of halogens is 1. The lowest BCUT2D eigenvalue weighted by Gasteiger charge is -2.14. The highest BCUT2D eigenvalue weighted by molar-refractivity contribution is 7.94. The zero-order valence-corrected chi connectivity index (χ0v) is 24.0. The number of carbonyl (C=O) groups excluding carboxylic acids is 2. The summed E-state index contributed by atoms with van der Waals surface area (Å²) in [6.07, 6.45) is 2.75. The van der Waals surface area contributed by atoms with Crippen LogP contribution in [0.3, 0.4) is 0 Å². The number of aryl methyl sites for hydroxylation is 1. The average molecular weight is 587 g/mol. The van der Waals surface area contributed by atoms with Crippen LogP contribution in [0.15, 0.2) is 63.9 Å². The van der Waals surface area contributed by atoms with Gasteiger partial charge >= 0.3 is 0 Å². The van der Waals surface area contributed by atoms with Crippen LogP contribution in [0.5, 0.6) is 0 Å². The largest absolute Gasteiger partial charge is 0.351 e. The van der Waals surface area contributed by atoms with Gasteiger partial charge in [0.2, 0.25) is 0 Å². The van der Waals surface area contributed by atoms with E-state index in [9.17, 15) is 22.8 Å². The van der Waals surface area contributed by atoms with Crippen LogP contribution in [-0.2, 0) is 21.1 Å². The van der Waals surface area contributed by atoms with E-state index in [0.29, 0.717) is 39.3 Å². The van der Waals surface area contributed by atoms with Gasteiger partial charge in [-0.1, -0.05) is 35.4 Å². The second kappa shape index (κ2) is 11.8. The van der Waals surface area contributed by atoms with Gasteiger partial charge in [-0.15, -0.1) is 11.3 Å². The van der Waals surface area contributed by atoms with Crippen molar-refractivity contribution in [2.24, 2.45) is 0 Å². The fourth-order valence-corrected chi connectivity index (χ4v) is 6.80. The number of nitrogens with one attached hydrogen (secondary N) is 1. The van der Waals surface area contributed by atoms with E-state index < -0.39 is 21.4 Å². The second-order valence-corrected chi connectivity index (χ2v) is 13.3. The topological polar surface area (TPSA) is 118 Å². The monoisotopic (exact) mass is 586 g/mol. The van der Waals surface area contributed by atoms with Gasteiger partial charge in [0.05, 0.1) is 9.90 Å². The molecule has 0 spiro atoms. The van der Waals surface area contributed by atoms with Crippen LogP contribution >= 0.6 is 22.9 Å². The van der Waals surface area contributed by atoms with Gasteiger partial charge in [0, 0.05) is 42.7 Å². The molecule has 0 bridgehead atoms. The lowest BCUT2D eigenvalue weighted by Crippen LogP contribution is -2.32. The molecule has 0 saturated carbocycles. The van der Waals surface area contributed by atoms with E-state index in [1.54, 1.807) is 18.2 Å². The molecule has 4 aromatic rings. The molecule has 3 aromatic heterocycles. The van der Waals surface area contributed by atoms with Crippen LogP contribution in [-0.4, -0.2) is 67.5 Å². The Hall–Kier alpha value is -3.38. The highest BCUT2D eigenvalue weighted by Crippen LogP contribution is 2.26. The molecule has 0 unspecified atom stereocenters. The number of likely N-dealkylation sites (N-methyl/N-ethyl adjacent to an activating group) is 1. The number of pyridine rings is 2. The normalized spacial score (nSPS) is 11.7. The molecule has 204 valence electrons. The van der Waals surface area contributed by atoms with Gasteiger partial charge in [-0.05, 0) is 50.8 Å². The molecule has 0 aliphatic rings. The number of aromatic nitrogens is 2. The summed E-state index contributed by atoms with van der Waals surface area (Å²) < 4.78 is 26.6. The number of ketones is 1. The number of sulfone groups is 1. The first-order valence-corrected chi connectivity index (χ1v) is 14.8. The highest BCUT2D eigenvalue weighted by Gasteiger charge is 2.22. The summed E-state index contributed by atoms with van der Waals surface area (Å²) in [5.74, 6) is -1.19. The summed E-state index contributed by atoms with van der Waals surface area (Å²) in [5.41, 5.74) is 1.41. The molecule has 0 saturated heterocycles. The Labute approximate surface area is 235 Å². The lowest BCUT2D eigenvalue weighted by atomic mass is 10.0. The number of fused-ring (bicyclic) bond motifs is 1. The maximum atomic E-state index is 13.3. The summed E-state index contributed by atoms with van der Waals surface area (Å²) in [6, 6.07) is 11.3. The van der Waals surface area contributed by atoms with Gasteiger partial charge in [0.1, 0.15) is 15.8 Å². The van der Waals surface area contributed by atoms with Crippen molar-refractivity contribution in [3.05, 3.63) is 86.2 Å². The van der Waals surface area contributed by atoms with Gasteiger partial charge < -0.3 is 10.2 Å². The molecule has 12 heteroatoms. The minimum atomic E-state index is -3.79. The summed E-state index contributed by atoms with van der Waals surface area (Å²) in [7, 11) is 0.0329. The average Bonchev–Trinajstić information content (AvgIpc) is 3.31. The number of hydrogen-bond acceptors (Lipinski definition) is 8. The van der Waals surface area contributed by atoms with Crippen LogP contribution in [0.1, 0.15) is 21.5 Å². The quantitative estimate of drug-likeness (QED) is 0.303. The van der Waals surface area contributed by atoms with Crippen molar-refractivity contribution in [1.29, 1.82) is 0 Å². The van der Waals surface area contributed by atoms with Crippen LogP contribution in [0.4, 0.5) is 0 Å². The Morgan fingerprint density at radius 2 is 1.87 bits per heavy atom. The van der Waals surface area contributed by atoms with Crippen LogP contribution in [0.25, 0.3) is 16.6 Å². The van der Waals surface area contributed by atoms with Gasteiger partial charge in [0.15, 0.2) is 15.6 Å². The van der Waals surface area contributed by atoms with E-state index in [2.05, 4.69) is 10.3 Å². The Morgan fingerprint density at radius 1 is 1.10 bits per heavy atom. The van der Waals surface area contributed by atoms with Crippen LogP contribution in [0.2, 0.25) is 4.34 Å². The first-order valence-electron chi connectivity index (χ1n) is 12.0. The van der Waals surface area contributed by atoms with E-state index in [0.717, 1.165) is 16.9 Å². The van der Waals surface area contributed by atoms with Crippen molar-refractivity contribution in [2.75, 3.05) is 32.9 Å². The number of carbonyl (C=O) groups is 2. The zero-order valence-electron chi connectivity index (χ0n) is 21.6. The number of thiophene rings is 1. The number of rotatable bonds is 10. The van der Waals surface area contributed by atoms with Crippen molar-refractivity contribution >= 4 is 55.2 Å². The summed E-state index contributed by atoms with van der Waals surface area (Å²) in [5, 5.41) is 3.82. The number of Topliss-reactive ketones (excluding diaryl/α,β-unsaturated/α-hetero) is 1. The molecule has 0 fully saturated rings. The SMILES string of the molecule is Cc1ccc2c(=O)n(-c3ccc(CC(=O)CS(=O)(=O)c4ccc(Cl)s4)cn3)cc(C(=O)NCCN(C)C)c2c1. The fraction of sp³-hybridized carbons (Fsp3) is 0.259. The smallest absolute Gasteiger partial charge is 0.264 e. The minimum Gasteiger partial charge on any atom is -0.351 e. The molecule has 39 heavy (non-hydrogen) atoms. The predicted octanol–water partition coefficient (Wildman–Crippen LogP) is 3.29. The molecule has 9 nitrogen and oxygen atoms in total. The molecule has 1 amide bonds. The number of hydrogen-bond donors (Lipinski definition) is 1. The Bertz CT molecular complexity index is 1710. The van der Waals surface area contributed by atoms with Crippen molar-refractivity contribution in [1.82, 2.24) is 19.8 Å². The third kappa shape index (κ3) is 6.80. The third-order valence-electron chi connectivity index (χ3n) is 5.93. The minimum absolute atomic E-state index is 0.0433. The summed E-state index contributed by atoms with van der Waals surface area (Å²) in [6.45, 7) is 2.99. The Balaban J connectivity index is 1.59. The molecule has 0 aliphatic carbocycles. The second-order valence-electron chi connectivity index (χ2n) is 9.38. The first-order chi connectivity index (χ1) is 18.4. The Morgan fingerprint density at radius 3 is 2.51 bits per heavy atom. The van der Waals surface area contributed by atoms with E-state index in [1.807, 2.05) is 38.1 Å². The molecule has 0 aliphatic heterocycles. The molecule has 0 radical (unpaired) electrons. The molecular weight excluding hydrogens is 560 g/mol. The van der Waals surface area contributed by atoms with E-state index in [1.165, 1.54) is 29.1 Å². The maximum Gasteiger partial charge on any atom is 0.264 e. The van der Waals surface area contributed by atoms with Crippen molar-refractivity contribution in [3.8, 4) is 5.82 Å². The summed E-state index contributed by atoms with van der Waals surface area (Å²) >= 11 is 6.73. The van der Waals surface area contributed by atoms with Crippen LogP contribution in [0, 0.1) is 6.92 Å². The third-order valence-corrected chi connectivity index (χ3v) is 9.41. The number of nitrogens with zero attached hydrogens (tertiary/aromatic N) is 3. The lowest BCUT2D eigenvalue weighted by molar-refractivity contribution is -0.116. The van der Waals surface area contributed by atoms with Gasteiger partial charge in [-0.2, -0.15) is 0 Å². The predicted molar refractivity (Wildman–Crippen MR) is 153 cm³/mol. The molecule has 4 rings (SSSR count).